The monoisotopic (exact) mass is 513 g/mol. The molecule has 0 N–H and O–H groups in total. The van der Waals surface area contributed by atoms with Gasteiger partial charge in [-0.05, 0) is 37.3 Å². The lowest BCUT2D eigenvalue weighted by atomic mass is 10.1. The summed E-state index contributed by atoms with van der Waals surface area (Å²) < 4.78 is 87.0. The first-order chi connectivity index (χ1) is 15.3. The molecule has 0 radical (unpaired) electrons. The number of aromatic nitrogens is 3. The molecule has 2 aromatic heterocycles. The number of rotatable bonds is 4. The van der Waals surface area contributed by atoms with E-state index >= 15 is 0 Å². The number of hydrogen-bond acceptors (Lipinski definition) is 4. The van der Waals surface area contributed by atoms with E-state index in [1.54, 1.807) is 0 Å². The predicted octanol–water partition coefficient (Wildman–Crippen LogP) is 5.54. The summed E-state index contributed by atoms with van der Waals surface area (Å²) in [6.45, 7) is 0.776. The third kappa shape index (κ3) is 4.71. The SMILES string of the molecule is CCOC(=O)c1c(C(F)(F)F)nn(-c2ccc(-n3ccc(Cl)c(Cl)c3=O)cc2)c1C(F)(F)F. The lowest BCUT2D eigenvalue weighted by Crippen LogP contribution is -2.20. The molecule has 0 aliphatic heterocycles. The zero-order chi connectivity index (χ0) is 24.7. The molecule has 176 valence electrons. The molecular formula is C19H11Cl2F6N3O3. The molecular weight excluding hydrogens is 503 g/mol. The number of ether oxygens (including phenoxy) is 1. The Bertz CT molecular complexity index is 1260. The molecule has 0 aliphatic rings. The van der Waals surface area contributed by atoms with E-state index in [0.29, 0.717) is 0 Å². The lowest BCUT2D eigenvalue weighted by molar-refractivity contribution is -0.144. The maximum absolute atomic E-state index is 13.8. The second-order valence-corrected chi connectivity index (χ2v) is 7.15. The molecule has 0 spiro atoms. The van der Waals surface area contributed by atoms with Gasteiger partial charge in [-0.1, -0.05) is 23.2 Å². The number of esters is 1. The van der Waals surface area contributed by atoms with Crippen molar-refractivity contribution in [2.24, 2.45) is 0 Å². The van der Waals surface area contributed by atoms with Gasteiger partial charge in [0.1, 0.15) is 10.6 Å². The van der Waals surface area contributed by atoms with Crippen molar-refractivity contribution in [3.05, 3.63) is 73.9 Å². The van der Waals surface area contributed by atoms with E-state index in [1.165, 1.54) is 19.2 Å². The maximum Gasteiger partial charge on any atom is 0.436 e. The van der Waals surface area contributed by atoms with Gasteiger partial charge in [-0.15, -0.1) is 0 Å². The summed E-state index contributed by atoms with van der Waals surface area (Å²) in [6.07, 6.45) is -9.51. The number of carbonyl (C=O) groups is 1. The van der Waals surface area contributed by atoms with Crippen LogP contribution in [0.5, 0.6) is 0 Å². The van der Waals surface area contributed by atoms with Crippen LogP contribution in [0.3, 0.4) is 0 Å². The van der Waals surface area contributed by atoms with Crippen molar-refractivity contribution in [2.75, 3.05) is 6.61 Å². The average molecular weight is 514 g/mol. The molecule has 3 aromatic rings. The van der Waals surface area contributed by atoms with Crippen LogP contribution >= 0.6 is 23.2 Å². The van der Waals surface area contributed by atoms with E-state index < -0.39 is 53.1 Å². The van der Waals surface area contributed by atoms with Gasteiger partial charge in [0.25, 0.3) is 5.56 Å². The summed E-state index contributed by atoms with van der Waals surface area (Å²) in [5.41, 5.74) is -6.80. The van der Waals surface area contributed by atoms with Crippen molar-refractivity contribution in [1.82, 2.24) is 14.3 Å². The third-order valence-electron chi connectivity index (χ3n) is 4.26. The van der Waals surface area contributed by atoms with Crippen molar-refractivity contribution in [3.8, 4) is 11.4 Å². The van der Waals surface area contributed by atoms with E-state index in [9.17, 15) is 35.9 Å². The minimum absolute atomic E-state index is 0.0212. The van der Waals surface area contributed by atoms with E-state index in [-0.39, 0.29) is 20.4 Å². The molecule has 0 fully saturated rings. The Balaban J connectivity index is 2.22. The van der Waals surface area contributed by atoms with Gasteiger partial charge >= 0.3 is 18.3 Å². The Morgan fingerprint density at radius 2 is 1.58 bits per heavy atom. The number of benzene rings is 1. The van der Waals surface area contributed by atoms with Crippen LogP contribution in [0.4, 0.5) is 26.3 Å². The first-order valence-electron chi connectivity index (χ1n) is 8.89. The fraction of sp³-hybridized carbons (Fsp3) is 0.211. The number of hydrogen-bond donors (Lipinski definition) is 0. The summed E-state index contributed by atoms with van der Waals surface area (Å²) in [4.78, 5) is 24.3. The molecule has 0 saturated heterocycles. The Labute approximate surface area is 190 Å². The fourth-order valence-electron chi connectivity index (χ4n) is 2.91. The molecule has 0 atom stereocenters. The van der Waals surface area contributed by atoms with Gasteiger partial charge in [-0.3, -0.25) is 9.36 Å². The number of nitrogens with zero attached hydrogens (tertiary/aromatic N) is 3. The molecule has 0 saturated carbocycles. The van der Waals surface area contributed by atoms with Crippen molar-refractivity contribution in [3.63, 3.8) is 0 Å². The molecule has 6 nitrogen and oxygen atoms in total. The van der Waals surface area contributed by atoms with Gasteiger partial charge in [-0.25, -0.2) is 9.48 Å². The largest absolute Gasteiger partial charge is 0.462 e. The summed E-state index contributed by atoms with van der Waals surface area (Å²) in [5.74, 6) is -1.82. The van der Waals surface area contributed by atoms with Crippen LogP contribution in [0.2, 0.25) is 10.0 Å². The zero-order valence-corrected chi connectivity index (χ0v) is 17.8. The number of halogens is 8. The van der Waals surface area contributed by atoms with E-state index in [1.807, 2.05) is 0 Å². The van der Waals surface area contributed by atoms with Gasteiger partial charge in [0.2, 0.25) is 0 Å². The molecule has 0 amide bonds. The zero-order valence-electron chi connectivity index (χ0n) is 16.3. The highest BCUT2D eigenvalue weighted by molar-refractivity contribution is 6.41. The van der Waals surface area contributed by atoms with Crippen LogP contribution in [-0.2, 0) is 17.1 Å². The summed E-state index contributed by atoms with van der Waals surface area (Å²) in [7, 11) is 0. The van der Waals surface area contributed by atoms with E-state index in [4.69, 9.17) is 23.2 Å². The van der Waals surface area contributed by atoms with Gasteiger partial charge in [-0.2, -0.15) is 31.4 Å². The van der Waals surface area contributed by atoms with Crippen molar-refractivity contribution in [1.29, 1.82) is 0 Å². The smallest absolute Gasteiger partial charge is 0.436 e. The first kappa shape index (κ1) is 24.6. The Morgan fingerprint density at radius 1 is 1.00 bits per heavy atom. The molecule has 3 rings (SSSR count). The van der Waals surface area contributed by atoms with Crippen LogP contribution < -0.4 is 5.56 Å². The molecule has 1 aromatic carbocycles. The normalized spacial score (nSPS) is 12.2. The van der Waals surface area contributed by atoms with Crippen LogP contribution in [0.15, 0.2) is 41.3 Å². The molecule has 14 heteroatoms. The number of pyridine rings is 1. The quantitative estimate of drug-likeness (QED) is 0.339. The van der Waals surface area contributed by atoms with Gasteiger partial charge < -0.3 is 4.74 Å². The standard InChI is InChI=1S/C19H11Cl2F6N3O3/c1-2-33-17(32)12-14(18(22,23)24)28-30(15(12)19(25,26)27)10-5-3-9(4-6-10)29-8-7-11(20)13(21)16(29)31/h3-8H,2H2,1H3. The lowest BCUT2D eigenvalue weighted by Gasteiger charge is -2.13. The molecule has 33 heavy (non-hydrogen) atoms. The van der Waals surface area contributed by atoms with Crippen LogP contribution in [0.25, 0.3) is 11.4 Å². The molecule has 2 heterocycles. The average Bonchev–Trinajstić information content (AvgIpc) is 3.14. The second-order valence-electron chi connectivity index (χ2n) is 6.37. The molecule has 0 unspecified atom stereocenters. The second kappa shape index (κ2) is 8.75. The highest BCUT2D eigenvalue weighted by Gasteiger charge is 2.49. The highest BCUT2D eigenvalue weighted by atomic mass is 35.5. The minimum atomic E-state index is -5.39. The Kier molecular flexibility index (Phi) is 6.53. The third-order valence-corrected chi connectivity index (χ3v) is 5.04. The highest BCUT2D eigenvalue weighted by Crippen LogP contribution is 2.40. The van der Waals surface area contributed by atoms with Gasteiger partial charge in [0, 0.05) is 11.9 Å². The Morgan fingerprint density at radius 3 is 2.09 bits per heavy atom. The van der Waals surface area contributed by atoms with Crippen LogP contribution in [-0.4, -0.2) is 26.9 Å². The van der Waals surface area contributed by atoms with Crippen molar-refractivity contribution >= 4 is 29.2 Å². The van der Waals surface area contributed by atoms with Crippen LogP contribution in [0.1, 0.15) is 28.7 Å². The summed E-state index contributed by atoms with van der Waals surface area (Å²) >= 11 is 11.5. The summed E-state index contributed by atoms with van der Waals surface area (Å²) in [6, 6.07) is 5.58. The molecule has 0 bridgehead atoms. The summed E-state index contributed by atoms with van der Waals surface area (Å²) in [5, 5.41) is 2.71. The van der Waals surface area contributed by atoms with Gasteiger partial charge in [0.05, 0.1) is 17.3 Å². The van der Waals surface area contributed by atoms with E-state index in [0.717, 1.165) is 28.8 Å². The van der Waals surface area contributed by atoms with Crippen molar-refractivity contribution in [2.45, 2.75) is 19.3 Å². The fourth-order valence-corrected chi connectivity index (χ4v) is 3.20. The van der Waals surface area contributed by atoms with E-state index in [2.05, 4.69) is 9.84 Å². The maximum atomic E-state index is 13.8. The predicted molar refractivity (Wildman–Crippen MR) is 105 cm³/mol. The Hall–Kier alpha value is -2.99. The molecule has 0 aliphatic carbocycles. The first-order valence-corrected chi connectivity index (χ1v) is 9.65. The van der Waals surface area contributed by atoms with Crippen LogP contribution in [0, 0.1) is 0 Å². The van der Waals surface area contributed by atoms with Gasteiger partial charge in [0.15, 0.2) is 11.4 Å². The minimum Gasteiger partial charge on any atom is -0.462 e. The topological polar surface area (TPSA) is 66.1 Å². The van der Waals surface area contributed by atoms with Crippen molar-refractivity contribution < 1.29 is 35.9 Å². The number of alkyl halides is 6. The number of carbonyl (C=O) groups excluding carboxylic acids is 1.